The summed E-state index contributed by atoms with van der Waals surface area (Å²) in [4.78, 5) is 10.9. The van der Waals surface area contributed by atoms with Crippen LogP contribution in [0.3, 0.4) is 0 Å². The molecule has 13 heavy (non-hydrogen) atoms. The molecule has 5 heteroatoms. The summed E-state index contributed by atoms with van der Waals surface area (Å²) in [6.07, 6.45) is 1.60. The molecule has 0 spiro atoms. The van der Waals surface area contributed by atoms with E-state index in [9.17, 15) is 4.79 Å². The minimum Gasteiger partial charge on any atom is -0.365 e. The highest BCUT2D eigenvalue weighted by molar-refractivity contribution is 5.96. The number of pyridine rings is 1. The number of rotatable bonds is 1. The van der Waals surface area contributed by atoms with Crippen molar-refractivity contribution in [1.29, 1.82) is 5.41 Å². The molecule has 0 saturated heterocycles. The lowest BCUT2D eigenvalue weighted by atomic mass is 10.2. The fourth-order valence-electron chi connectivity index (χ4n) is 1.02. The van der Waals surface area contributed by atoms with Crippen molar-refractivity contribution in [3.8, 4) is 0 Å². The molecule has 1 amide bonds. The second-order valence-corrected chi connectivity index (χ2v) is 2.63. The van der Waals surface area contributed by atoms with Gasteiger partial charge in [-0.3, -0.25) is 4.79 Å². The maximum absolute atomic E-state index is 10.9. The van der Waals surface area contributed by atoms with E-state index in [1.54, 1.807) is 19.2 Å². The molecule has 0 saturated carbocycles. The zero-order valence-electron chi connectivity index (χ0n) is 7.24. The molecule has 0 bridgehead atoms. The number of amides is 1. The Bertz CT molecular complexity index is 340. The Morgan fingerprint density at radius 2 is 2.23 bits per heavy atom. The minimum atomic E-state index is -0.590. The van der Waals surface area contributed by atoms with Gasteiger partial charge in [0.25, 0.3) is 5.91 Å². The third-order valence-electron chi connectivity index (χ3n) is 1.66. The zero-order chi connectivity index (χ0) is 10.0. The van der Waals surface area contributed by atoms with E-state index in [0.29, 0.717) is 0 Å². The van der Waals surface area contributed by atoms with Crippen LogP contribution >= 0.6 is 0 Å². The van der Waals surface area contributed by atoms with Gasteiger partial charge in [0.2, 0.25) is 11.7 Å². The number of anilines is 1. The summed E-state index contributed by atoms with van der Waals surface area (Å²) < 4.78 is 1.39. The number of primary amides is 1. The first-order valence-electron chi connectivity index (χ1n) is 3.69. The van der Waals surface area contributed by atoms with Crippen LogP contribution < -0.4 is 16.0 Å². The number of carbonyl (C=O) groups is 1. The molecule has 1 heterocycles. The van der Waals surface area contributed by atoms with Crippen LogP contribution in [-0.4, -0.2) is 11.7 Å². The van der Waals surface area contributed by atoms with E-state index >= 15 is 0 Å². The van der Waals surface area contributed by atoms with Crippen molar-refractivity contribution in [2.75, 3.05) is 5.73 Å². The first-order valence-corrected chi connectivity index (χ1v) is 3.69. The van der Waals surface area contributed by atoms with Crippen LogP contribution in [0.25, 0.3) is 0 Å². The van der Waals surface area contributed by atoms with Crippen LogP contribution in [0.15, 0.2) is 18.3 Å². The number of carbonyl (C=O) groups excluding carboxylic acids is 1. The SMILES string of the molecule is CC(=N)[n+]1cccc(C(N)=O)c1N. The molecule has 5 N–H and O–H groups in total. The topological polar surface area (TPSA) is 96.8 Å². The van der Waals surface area contributed by atoms with Gasteiger partial charge in [0.05, 0.1) is 6.20 Å². The van der Waals surface area contributed by atoms with Gasteiger partial charge in [-0.05, 0) is 12.1 Å². The Morgan fingerprint density at radius 3 is 2.69 bits per heavy atom. The largest absolute Gasteiger partial charge is 0.365 e. The van der Waals surface area contributed by atoms with Crippen LogP contribution in [0, 0.1) is 5.41 Å². The molecule has 0 aliphatic carbocycles. The van der Waals surface area contributed by atoms with E-state index in [1.807, 2.05) is 0 Å². The monoisotopic (exact) mass is 179 g/mol. The molecule has 0 aliphatic heterocycles. The third kappa shape index (κ3) is 1.64. The summed E-state index contributed by atoms with van der Waals surface area (Å²) in [7, 11) is 0. The fraction of sp³-hybridized carbons (Fsp3) is 0.125. The average Bonchev–Trinajstić information content (AvgIpc) is 2.03. The molecule has 0 atom stereocenters. The van der Waals surface area contributed by atoms with E-state index in [2.05, 4.69) is 0 Å². The van der Waals surface area contributed by atoms with Crippen molar-refractivity contribution >= 4 is 17.6 Å². The fourth-order valence-corrected chi connectivity index (χ4v) is 1.02. The first-order chi connectivity index (χ1) is 6.04. The van der Waals surface area contributed by atoms with Crippen LogP contribution in [0.5, 0.6) is 0 Å². The molecular formula is C8H11N4O+. The van der Waals surface area contributed by atoms with Gasteiger partial charge in [0.1, 0.15) is 5.56 Å². The number of nitrogens with zero attached hydrogens (tertiary/aromatic N) is 1. The second kappa shape index (κ2) is 3.22. The number of aromatic nitrogens is 1. The molecule has 1 aromatic heterocycles. The predicted octanol–water partition coefficient (Wildman–Crippen LogP) is -0.500. The standard InChI is InChI=1S/C8H10N4O/c1-5(9)12-4-2-3-6(7(12)10)8(11)13/h2-4,9-10H,1H3,(H2,11,13)/p+1. The quantitative estimate of drug-likeness (QED) is 0.308. The molecule has 1 aromatic rings. The highest BCUT2D eigenvalue weighted by Gasteiger charge is 2.13. The van der Waals surface area contributed by atoms with Crippen molar-refractivity contribution in [2.24, 2.45) is 5.73 Å². The minimum absolute atomic E-state index is 0.197. The lowest BCUT2D eigenvalue weighted by Crippen LogP contribution is -2.44. The van der Waals surface area contributed by atoms with Gasteiger partial charge in [0, 0.05) is 6.92 Å². The average molecular weight is 179 g/mol. The Labute approximate surface area is 75.5 Å². The van der Waals surface area contributed by atoms with Crippen molar-refractivity contribution < 1.29 is 9.36 Å². The molecule has 5 nitrogen and oxygen atoms in total. The molecule has 0 unspecified atom stereocenters. The van der Waals surface area contributed by atoms with E-state index in [1.165, 1.54) is 10.6 Å². The number of nitrogen functional groups attached to an aromatic ring is 1. The Hall–Kier alpha value is -1.91. The first kappa shape index (κ1) is 9.18. The highest BCUT2D eigenvalue weighted by Crippen LogP contribution is 2.03. The molecular weight excluding hydrogens is 168 g/mol. The van der Waals surface area contributed by atoms with Crippen LogP contribution in [0.1, 0.15) is 17.3 Å². The summed E-state index contributed by atoms with van der Waals surface area (Å²) in [5.41, 5.74) is 10.9. The summed E-state index contributed by atoms with van der Waals surface area (Å²) in [6, 6.07) is 3.14. The second-order valence-electron chi connectivity index (χ2n) is 2.63. The van der Waals surface area contributed by atoms with Crippen molar-refractivity contribution in [3.63, 3.8) is 0 Å². The van der Waals surface area contributed by atoms with E-state index in [4.69, 9.17) is 16.9 Å². The maximum Gasteiger partial charge on any atom is 0.255 e. The van der Waals surface area contributed by atoms with Gasteiger partial charge in [-0.25, -0.2) is 4.57 Å². The van der Waals surface area contributed by atoms with Crippen LogP contribution in [0.4, 0.5) is 5.82 Å². The summed E-state index contributed by atoms with van der Waals surface area (Å²) in [5.74, 6) is -0.156. The lowest BCUT2D eigenvalue weighted by molar-refractivity contribution is -0.541. The van der Waals surface area contributed by atoms with Gasteiger partial charge in [0.15, 0.2) is 0 Å². The Morgan fingerprint density at radius 1 is 1.62 bits per heavy atom. The molecule has 0 aliphatic rings. The van der Waals surface area contributed by atoms with Gasteiger partial charge >= 0.3 is 0 Å². The summed E-state index contributed by atoms with van der Waals surface area (Å²) >= 11 is 0. The maximum atomic E-state index is 10.9. The molecule has 1 rings (SSSR count). The summed E-state index contributed by atoms with van der Waals surface area (Å²) in [5, 5.41) is 7.34. The smallest absolute Gasteiger partial charge is 0.255 e. The van der Waals surface area contributed by atoms with Gasteiger partial charge in [-0.1, -0.05) is 0 Å². The van der Waals surface area contributed by atoms with Gasteiger partial charge in [-0.2, -0.15) is 5.41 Å². The Balaban J connectivity index is 3.35. The van der Waals surface area contributed by atoms with Crippen LogP contribution in [-0.2, 0) is 0 Å². The summed E-state index contributed by atoms with van der Waals surface area (Å²) in [6.45, 7) is 1.57. The number of hydrogen-bond acceptors (Lipinski definition) is 3. The number of hydrogen-bond donors (Lipinski definition) is 3. The molecule has 0 fully saturated rings. The van der Waals surface area contributed by atoms with Crippen molar-refractivity contribution in [2.45, 2.75) is 6.92 Å². The van der Waals surface area contributed by atoms with Gasteiger partial charge in [-0.15, -0.1) is 0 Å². The van der Waals surface area contributed by atoms with Crippen molar-refractivity contribution in [1.82, 2.24) is 0 Å². The zero-order valence-corrected chi connectivity index (χ0v) is 7.24. The van der Waals surface area contributed by atoms with E-state index < -0.39 is 5.91 Å². The van der Waals surface area contributed by atoms with E-state index in [-0.39, 0.29) is 17.2 Å². The number of nitrogens with one attached hydrogen (secondary N) is 1. The van der Waals surface area contributed by atoms with E-state index in [0.717, 1.165) is 0 Å². The molecule has 0 radical (unpaired) electrons. The Kier molecular flexibility index (Phi) is 2.27. The molecule has 68 valence electrons. The third-order valence-corrected chi connectivity index (χ3v) is 1.66. The lowest BCUT2D eigenvalue weighted by Gasteiger charge is -2.03. The number of nitrogens with two attached hydrogens (primary N) is 2. The van der Waals surface area contributed by atoms with Crippen LogP contribution in [0.2, 0.25) is 0 Å². The normalized spacial score (nSPS) is 9.62. The predicted molar refractivity (Wildman–Crippen MR) is 48.4 cm³/mol. The molecule has 0 aromatic carbocycles. The highest BCUT2D eigenvalue weighted by atomic mass is 16.1. The van der Waals surface area contributed by atoms with Gasteiger partial charge < -0.3 is 11.5 Å². The van der Waals surface area contributed by atoms with Crippen molar-refractivity contribution in [3.05, 3.63) is 23.9 Å².